The minimum Gasteiger partial charge on any atom is -0.497 e. The standard InChI is InChI=1S/C9H16O/c1-5-8-7(2)10-6-9(8,3)4/h5-6H2,1-4H3. The van der Waals surface area contributed by atoms with Gasteiger partial charge in [-0.1, -0.05) is 20.8 Å². The maximum absolute atomic E-state index is 5.45. The van der Waals surface area contributed by atoms with Crippen LogP contribution in [-0.4, -0.2) is 6.61 Å². The van der Waals surface area contributed by atoms with E-state index < -0.39 is 0 Å². The van der Waals surface area contributed by atoms with Crippen molar-refractivity contribution in [3.63, 3.8) is 0 Å². The second kappa shape index (κ2) is 2.30. The monoisotopic (exact) mass is 140 g/mol. The van der Waals surface area contributed by atoms with Crippen molar-refractivity contribution in [1.82, 2.24) is 0 Å². The van der Waals surface area contributed by atoms with Crippen LogP contribution in [-0.2, 0) is 4.74 Å². The largest absolute Gasteiger partial charge is 0.497 e. The fourth-order valence-electron chi connectivity index (χ4n) is 1.67. The molecular formula is C9H16O. The van der Waals surface area contributed by atoms with Crippen LogP contribution < -0.4 is 0 Å². The van der Waals surface area contributed by atoms with Gasteiger partial charge in [0.15, 0.2) is 0 Å². The number of rotatable bonds is 1. The van der Waals surface area contributed by atoms with E-state index in [4.69, 9.17) is 4.74 Å². The molecule has 1 heterocycles. The molecule has 0 fully saturated rings. The molecule has 0 spiro atoms. The van der Waals surface area contributed by atoms with Gasteiger partial charge in [0.05, 0.1) is 12.4 Å². The molecule has 0 bridgehead atoms. The highest BCUT2D eigenvalue weighted by atomic mass is 16.5. The molecular weight excluding hydrogens is 124 g/mol. The van der Waals surface area contributed by atoms with E-state index in [1.807, 2.05) is 0 Å². The molecule has 1 nitrogen and oxygen atoms in total. The van der Waals surface area contributed by atoms with Crippen LogP contribution in [0.4, 0.5) is 0 Å². The van der Waals surface area contributed by atoms with Crippen molar-refractivity contribution in [3.05, 3.63) is 11.3 Å². The Labute approximate surface area is 63.1 Å². The molecule has 0 aliphatic carbocycles. The van der Waals surface area contributed by atoms with Crippen molar-refractivity contribution in [2.24, 2.45) is 5.41 Å². The summed E-state index contributed by atoms with van der Waals surface area (Å²) >= 11 is 0. The van der Waals surface area contributed by atoms with E-state index in [0.29, 0.717) is 5.41 Å². The second-order valence-corrected chi connectivity index (χ2v) is 3.56. The molecule has 58 valence electrons. The summed E-state index contributed by atoms with van der Waals surface area (Å²) in [5.74, 6) is 1.15. The molecule has 1 aliphatic heterocycles. The highest BCUT2D eigenvalue weighted by molar-refractivity contribution is 5.19. The zero-order valence-electron chi connectivity index (χ0n) is 7.32. The average Bonchev–Trinajstić information content (AvgIpc) is 2.07. The Morgan fingerprint density at radius 3 is 2.30 bits per heavy atom. The third-order valence-corrected chi connectivity index (χ3v) is 2.24. The van der Waals surface area contributed by atoms with E-state index in [-0.39, 0.29) is 0 Å². The van der Waals surface area contributed by atoms with Crippen molar-refractivity contribution in [2.45, 2.75) is 34.1 Å². The predicted octanol–water partition coefficient (Wildman–Crippen LogP) is 2.73. The molecule has 0 saturated heterocycles. The lowest BCUT2D eigenvalue weighted by Gasteiger charge is -2.17. The Morgan fingerprint density at radius 2 is 2.10 bits per heavy atom. The van der Waals surface area contributed by atoms with Crippen molar-refractivity contribution >= 4 is 0 Å². The maximum Gasteiger partial charge on any atom is 0.0966 e. The maximum atomic E-state index is 5.45. The minimum absolute atomic E-state index is 0.291. The Bertz CT molecular complexity index is 166. The summed E-state index contributed by atoms with van der Waals surface area (Å²) in [6, 6.07) is 0. The van der Waals surface area contributed by atoms with E-state index in [9.17, 15) is 0 Å². The van der Waals surface area contributed by atoms with Gasteiger partial charge in [0.1, 0.15) is 0 Å². The lowest BCUT2D eigenvalue weighted by molar-refractivity contribution is 0.186. The third-order valence-electron chi connectivity index (χ3n) is 2.24. The molecule has 1 aliphatic rings. The summed E-state index contributed by atoms with van der Waals surface area (Å²) in [4.78, 5) is 0. The Balaban J connectivity index is 2.87. The summed E-state index contributed by atoms with van der Waals surface area (Å²) in [7, 11) is 0. The fourth-order valence-corrected chi connectivity index (χ4v) is 1.67. The van der Waals surface area contributed by atoms with Gasteiger partial charge in [-0.15, -0.1) is 0 Å². The SMILES string of the molecule is CCC1=C(C)OCC1(C)C. The zero-order valence-corrected chi connectivity index (χ0v) is 7.32. The summed E-state index contributed by atoms with van der Waals surface area (Å²) in [5, 5.41) is 0. The van der Waals surface area contributed by atoms with Crippen LogP contribution in [0.3, 0.4) is 0 Å². The van der Waals surface area contributed by atoms with Gasteiger partial charge >= 0.3 is 0 Å². The third kappa shape index (κ3) is 1.05. The van der Waals surface area contributed by atoms with Gasteiger partial charge in [0, 0.05) is 5.41 Å². The Kier molecular flexibility index (Phi) is 1.76. The first kappa shape index (κ1) is 7.64. The van der Waals surface area contributed by atoms with E-state index in [1.54, 1.807) is 0 Å². The van der Waals surface area contributed by atoms with Crippen molar-refractivity contribution in [2.75, 3.05) is 6.61 Å². The van der Waals surface area contributed by atoms with Crippen LogP contribution in [0.1, 0.15) is 34.1 Å². The smallest absolute Gasteiger partial charge is 0.0966 e. The fraction of sp³-hybridized carbons (Fsp3) is 0.778. The van der Waals surface area contributed by atoms with Gasteiger partial charge in [0.2, 0.25) is 0 Å². The predicted molar refractivity (Wildman–Crippen MR) is 42.7 cm³/mol. The van der Waals surface area contributed by atoms with E-state index in [1.165, 1.54) is 5.57 Å². The molecule has 0 saturated carbocycles. The topological polar surface area (TPSA) is 9.23 Å². The van der Waals surface area contributed by atoms with E-state index in [2.05, 4.69) is 27.7 Å². The molecule has 0 radical (unpaired) electrons. The Hall–Kier alpha value is -0.460. The number of ether oxygens (including phenoxy) is 1. The summed E-state index contributed by atoms with van der Waals surface area (Å²) in [5.41, 5.74) is 1.77. The first-order valence-corrected chi connectivity index (χ1v) is 3.91. The lowest BCUT2D eigenvalue weighted by Crippen LogP contribution is -2.14. The second-order valence-electron chi connectivity index (χ2n) is 3.56. The molecule has 0 aromatic carbocycles. The molecule has 1 rings (SSSR count). The first-order valence-electron chi connectivity index (χ1n) is 3.91. The quantitative estimate of drug-likeness (QED) is 0.544. The van der Waals surface area contributed by atoms with Gasteiger partial charge in [-0.05, 0) is 18.9 Å². The van der Waals surface area contributed by atoms with Gasteiger partial charge < -0.3 is 4.74 Å². The van der Waals surface area contributed by atoms with Gasteiger partial charge in [-0.2, -0.15) is 0 Å². The van der Waals surface area contributed by atoms with Gasteiger partial charge in [-0.3, -0.25) is 0 Å². The first-order chi connectivity index (χ1) is 4.58. The number of hydrogen-bond acceptors (Lipinski definition) is 1. The summed E-state index contributed by atoms with van der Waals surface area (Å²) in [6.45, 7) is 9.59. The van der Waals surface area contributed by atoms with Crippen LogP contribution >= 0.6 is 0 Å². The molecule has 0 amide bonds. The summed E-state index contributed by atoms with van der Waals surface area (Å²) in [6.07, 6.45) is 1.12. The molecule has 0 aromatic rings. The number of allylic oxidation sites excluding steroid dienone is 1. The van der Waals surface area contributed by atoms with Crippen molar-refractivity contribution < 1.29 is 4.74 Å². The lowest BCUT2D eigenvalue weighted by atomic mass is 9.85. The van der Waals surface area contributed by atoms with Crippen molar-refractivity contribution in [1.29, 1.82) is 0 Å². The average molecular weight is 140 g/mol. The normalized spacial score (nSPS) is 23.2. The van der Waals surface area contributed by atoms with Crippen LogP contribution in [0.2, 0.25) is 0 Å². The van der Waals surface area contributed by atoms with Crippen LogP contribution in [0, 0.1) is 5.41 Å². The Morgan fingerprint density at radius 1 is 1.50 bits per heavy atom. The molecule has 0 N–H and O–H groups in total. The van der Waals surface area contributed by atoms with Crippen LogP contribution in [0.15, 0.2) is 11.3 Å². The number of hydrogen-bond donors (Lipinski definition) is 0. The van der Waals surface area contributed by atoms with Crippen LogP contribution in [0.5, 0.6) is 0 Å². The van der Waals surface area contributed by atoms with Gasteiger partial charge in [0.25, 0.3) is 0 Å². The highest BCUT2D eigenvalue weighted by Gasteiger charge is 2.30. The molecule has 1 heteroatoms. The molecule has 0 atom stereocenters. The van der Waals surface area contributed by atoms with E-state index in [0.717, 1.165) is 18.8 Å². The summed E-state index contributed by atoms with van der Waals surface area (Å²) < 4.78 is 5.45. The van der Waals surface area contributed by atoms with Crippen molar-refractivity contribution in [3.8, 4) is 0 Å². The highest BCUT2D eigenvalue weighted by Crippen LogP contribution is 2.37. The molecule has 0 aromatic heterocycles. The van der Waals surface area contributed by atoms with E-state index >= 15 is 0 Å². The zero-order chi connectivity index (χ0) is 7.78. The molecule has 0 unspecified atom stereocenters. The molecule has 10 heavy (non-hydrogen) atoms. The minimum atomic E-state index is 0.291. The van der Waals surface area contributed by atoms with Crippen LogP contribution in [0.25, 0.3) is 0 Å². The van der Waals surface area contributed by atoms with Gasteiger partial charge in [-0.25, -0.2) is 0 Å².